The number of ether oxygens (including phenoxy) is 1. The van der Waals surface area contributed by atoms with Crippen molar-refractivity contribution in [1.82, 2.24) is 0 Å². The summed E-state index contributed by atoms with van der Waals surface area (Å²) in [6.45, 7) is 0.839. The lowest BCUT2D eigenvalue weighted by Gasteiger charge is -2.44. The third-order valence-corrected chi connectivity index (χ3v) is 2.18. The van der Waals surface area contributed by atoms with Crippen molar-refractivity contribution in [2.75, 3.05) is 20.3 Å². The lowest BCUT2D eigenvalue weighted by molar-refractivity contribution is -0.0378. The molecule has 60 valence electrons. The van der Waals surface area contributed by atoms with Crippen molar-refractivity contribution in [3.05, 3.63) is 0 Å². The van der Waals surface area contributed by atoms with Crippen molar-refractivity contribution < 1.29 is 9.84 Å². The molecular formula is C7H15NO2. The Balaban J connectivity index is 2.32. The fourth-order valence-corrected chi connectivity index (χ4v) is 1.65. The van der Waals surface area contributed by atoms with Gasteiger partial charge in [-0.25, -0.2) is 0 Å². The van der Waals surface area contributed by atoms with Crippen LogP contribution in [0.25, 0.3) is 0 Å². The van der Waals surface area contributed by atoms with E-state index in [-0.39, 0.29) is 18.1 Å². The van der Waals surface area contributed by atoms with Gasteiger partial charge in [0.2, 0.25) is 0 Å². The molecule has 0 bridgehead atoms. The smallest absolute Gasteiger partial charge is 0.0541 e. The molecule has 10 heavy (non-hydrogen) atoms. The highest BCUT2D eigenvalue weighted by Crippen LogP contribution is 2.39. The Morgan fingerprint density at radius 2 is 2.30 bits per heavy atom. The van der Waals surface area contributed by atoms with Crippen molar-refractivity contribution >= 4 is 0 Å². The molecule has 3 nitrogen and oxygen atoms in total. The van der Waals surface area contributed by atoms with Gasteiger partial charge in [0.25, 0.3) is 0 Å². The normalized spacial score (nSPS) is 39.3. The molecule has 0 aliphatic heterocycles. The van der Waals surface area contributed by atoms with E-state index in [1.165, 1.54) is 0 Å². The SMILES string of the molecule is COCC1(CO)CC(N)C1. The van der Waals surface area contributed by atoms with Crippen LogP contribution in [0.4, 0.5) is 0 Å². The van der Waals surface area contributed by atoms with Crippen molar-refractivity contribution in [2.24, 2.45) is 11.1 Å². The summed E-state index contributed by atoms with van der Waals surface area (Å²) in [6.07, 6.45) is 1.80. The first-order valence-electron chi connectivity index (χ1n) is 3.58. The predicted octanol–water partition coefficient (Wildman–Crippen LogP) is -0.267. The van der Waals surface area contributed by atoms with Gasteiger partial charge in [0, 0.05) is 18.6 Å². The van der Waals surface area contributed by atoms with Crippen molar-refractivity contribution in [3.63, 3.8) is 0 Å². The van der Waals surface area contributed by atoms with E-state index >= 15 is 0 Å². The highest BCUT2D eigenvalue weighted by molar-refractivity contribution is 4.95. The number of aliphatic hydroxyl groups is 1. The molecule has 3 heteroatoms. The Morgan fingerprint density at radius 3 is 2.60 bits per heavy atom. The summed E-state index contributed by atoms with van der Waals surface area (Å²) in [5.74, 6) is 0. The maximum Gasteiger partial charge on any atom is 0.0541 e. The van der Waals surface area contributed by atoms with E-state index in [1.54, 1.807) is 7.11 Å². The average Bonchev–Trinajstić information content (AvgIpc) is 1.84. The predicted molar refractivity (Wildman–Crippen MR) is 38.6 cm³/mol. The summed E-state index contributed by atoms with van der Waals surface area (Å²) in [5, 5.41) is 8.95. The van der Waals surface area contributed by atoms with E-state index in [4.69, 9.17) is 15.6 Å². The summed E-state index contributed by atoms with van der Waals surface area (Å²) in [6, 6.07) is 0.280. The molecule has 1 saturated carbocycles. The van der Waals surface area contributed by atoms with Crippen molar-refractivity contribution in [1.29, 1.82) is 0 Å². The minimum Gasteiger partial charge on any atom is -0.396 e. The Hall–Kier alpha value is -0.120. The molecule has 1 fully saturated rings. The van der Waals surface area contributed by atoms with Crippen molar-refractivity contribution in [3.8, 4) is 0 Å². The minimum absolute atomic E-state index is 0.00579. The van der Waals surface area contributed by atoms with Crippen LogP contribution in [-0.4, -0.2) is 31.5 Å². The van der Waals surface area contributed by atoms with E-state index < -0.39 is 0 Å². The first-order valence-corrected chi connectivity index (χ1v) is 3.58. The summed E-state index contributed by atoms with van der Waals surface area (Å²) in [7, 11) is 1.65. The van der Waals surface area contributed by atoms with Crippen LogP contribution in [-0.2, 0) is 4.74 Å². The molecule has 1 rings (SSSR count). The van der Waals surface area contributed by atoms with Crippen LogP contribution in [0.1, 0.15) is 12.8 Å². The largest absolute Gasteiger partial charge is 0.396 e. The molecule has 1 aliphatic carbocycles. The zero-order valence-electron chi connectivity index (χ0n) is 6.34. The fourth-order valence-electron chi connectivity index (χ4n) is 1.65. The van der Waals surface area contributed by atoms with Crippen LogP contribution in [0.3, 0.4) is 0 Å². The third kappa shape index (κ3) is 1.31. The van der Waals surface area contributed by atoms with E-state index in [2.05, 4.69) is 0 Å². The standard InChI is InChI=1S/C7H15NO2/c1-10-5-7(4-9)2-6(8)3-7/h6,9H,2-5,8H2,1H3. The summed E-state index contributed by atoms with van der Waals surface area (Å²) < 4.78 is 4.97. The van der Waals surface area contributed by atoms with Gasteiger partial charge in [-0.2, -0.15) is 0 Å². The van der Waals surface area contributed by atoms with Crippen LogP contribution in [0, 0.1) is 5.41 Å². The molecular weight excluding hydrogens is 130 g/mol. The van der Waals surface area contributed by atoms with Crippen LogP contribution in [0.15, 0.2) is 0 Å². The van der Waals surface area contributed by atoms with E-state index in [9.17, 15) is 0 Å². The van der Waals surface area contributed by atoms with Gasteiger partial charge in [-0.05, 0) is 12.8 Å². The number of aliphatic hydroxyl groups excluding tert-OH is 1. The van der Waals surface area contributed by atoms with Crippen LogP contribution in [0.5, 0.6) is 0 Å². The van der Waals surface area contributed by atoms with Crippen LogP contribution >= 0.6 is 0 Å². The van der Waals surface area contributed by atoms with Crippen LogP contribution < -0.4 is 5.73 Å². The first kappa shape index (κ1) is 7.98. The third-order valence-electron chi connectivity index (χ3n) is 2.18. The molecule has 0 aromatic carbocycles. The van der Waals surface area contributed by atoms with E-state index in [0.29, 0.717) is 6.61 Å². The van der Waals surface area contributed by atoms with Gasteiger partial charge in [0.1, 0.15) is 0 Å². The van der Waals surface area contributed by atoms with E-state index in [1.807, 2.05) is 0 Å². The highest BCUT2D eigenvalue weighted by Gasteiger charge is 2.41. The number of hydrogen-bond donors (Lipinski definition) is 2. The Bertz CT molecular complexity index is 105. The maximum absolute atomic E-state index is 8.95. The molecule has 1 aliphatic rings. The molecule has 0 aromatic heterocycles. The lowest BCUT2D eigenvalue weighted by atomic mass is 9.67. The van der Waals surface area contributed by atoms with Crippen molar-refractivity contribution in [2.45, 2.75) is 18.9 Å². The second-order valence-electron chi connectivity index (χ2n) is 3.26. The Labute approximate surface area is 61.2 Å². The van der Waals surface area contributed by atoms with Gasteiger partial charge in [0.15, 0.2) is 0 Å². The minimum atomic E-state index is -0.00579. The molecule has 0 amide bonds. The summed E-state index contributed by atoms with van der Waals surface area (Å²) in [5.41, 5.74) is 5.59. The zero-order chi connectivity index (χ0) is 7.61. The fraction of sp³-hybridized carbons (Fsp3) is 1.00. The summed E-state index contributed by atoms with van der Waals surface area (Å²) in [4.78, 5) is 0. The monoisotopic (exact) mass is 145 g/mol. The molecule has 0 spiro atoms. The van der Waals surface area contributed by atoms with Gasteiger partial charge in [-0.1, -0.05) is 0 Å². The van der Waals surface area contributed by atoms with Crippen LogP contribution in [0.2, 0.25) is 0 Å². The molecule has 0 saturated heterocycles. The second kappa shape index (κ2) is 2.86. The highest BCUT2D eigenvalue weighted by atomic mass is 16.5. The number of nitrogens with two attached hydrogens (primary N) is 1. The maximum atomic E-state index is 8.95. The molecule has 0 aromatic rings. The number of hydrogen-bond acceptors (Lipinski definition) is 3. The first-order chi connectivity index (χ1) is 4.72. The average molecular weight is 145 g/mol. The number of methoxy groups -OCH3 is 1. The molecule has 0 radical (unpaired) electrons. The quantitative estimate of drug-likeness (QED) is 0.575. The molecule has 0 unspecified atom stereocenters. The number of rotatable bonds is 3. The Morgan fingerprint density at radius 1 is 1.70 bits per heavy atom. The molecule has 0 heterocycles. The second-order valence-corrected chi connectivity index (χ2v) is 3.26. The Kier molecular flexibility index (Phi) is 2.28. The summed E-state index contributed by atoms with van der Waals surface area (Å²) >= 11 is 0. The van der Waals surface area contributed by atoms with E-state index in [0.717, 1.165) is 12.8 Å². The molecule has 3 N–H and O–H groups in total. The van der Waals surface area contributed by atoms with Gasteiger partial charge in [-0.3, -0.25) is 0 Å². The van der Waals surface area contributed by atoms with Gasteiger partial charge in [-0.15, -0.1) is 0 Å². The molecule has 0 atom stereocenters. The topological polar surface area (TPSA) is 55.5 Å². The van der Waals surface area contributed by atoms with Gasteiger partial charge < -0.3 is 15.6 Å². The van der Waals surface area contributed by atoms with Gasteiger partial charge >= 0.3 is 0 Å². The van der Waals surface area contributed by atoms with Gasteiger partial charge in [0.05, 0.1) is 13.2 Å². The lowest BCUT2D eigenvalue weighted by Crippen LogP contribution is -2.50. The zero-order valence-corrected chi connectivity index (χ0v) is 6.34.